The number of pyridine rings is 1. The third kappa shape index (κ3) is 6.48. The first-order valence-corrected chi connectivity index (χ1v) is 18.7. The van der Waals surface area contributed by atoms with Crippen LogP contribution in [0.25, 0.3) is 22.2 Å². The predicted octanol–water partition coefficient (Wildman–Crippen LogP) is 9.34. The molecule has 0 aliphatic carbocycles. The number of aryl methyl sites for hydroxylation is 1. The van der Waals surface area contributed by atoms with Gasteiger partial charge in [0, 0.05) is 47.4 Å². The maximum absolute atomic E-state index is 7.49. The summed E-state index contributed by atoms with van der Waals surface area (Å²) >= 11 is 3.78. The van der Waals surface area contributed by atoms with Crippen molar-refractivity contribution in [3.63, 3.8) is 0 Å². The Balaban J connectivity index is 1.64. The highest BCUT2D eigenvalue weighted by molar-refractivity contribution is 9.10. The molecule has 45 heavy (non-hydrogen) atoms. The van der Waals surface area contributed by atoms with Gasteiger partial charge in [-0.15, -0.1) is 0 Å². The molecule has 0 amide bonds. The zero-order valence-electron chi connectivity index (χ0n) is 28.0. The normalized spacial score (nSPS) is 13.4. The van der Waals surface area contributed by atoms with Crippen molar-refractivity contribution in [3.05, 3.63) is 113 Å². The van der Waals surface area contributed by atoms with Crippen LogP contribution < -0.4 is 10.4 Å². The van der Waals surface area contributed by atoms with Crippen LogP contribution in [0.15, 0.2) is 102 Å². The predicted molar refractivity (Wildman–Crippen MR) is 195 cm³/mol. The summed E-state index contributed by atoms with van der Waals surface area (Å²) in [7, 11) is -0.934. The van der Waals surface area contributed by atoms with Crippen LogP contribution in [0.1, 0.15) is 65.8 Å². The van der Waals surface area contributed by atoms with Gasteiger partial charge in [-0.3, -0.25) is 4.98 Å². The van der Waals surface area contributed by atoms with E-state index in [0.717, 1.165) is 28.7 Å². The Hall–Kier alpha value is -3.03. The fourth-order valence-corrected chi connectivity index (χ4v) is 12.0. The number of aromatic nitrogens is 2. The second kappa shape index (κ2) is 13.4. The van der Waals surface area contributed by atoms with Crippen molar-refractivity contribution >= 4 is 45.5 Å². The van der Waals surface area contributed by atoms with Gasteiger partial charge in [0.25, 0.3) is 8.32 Å². The summed E-state index contributed by atoms with van der Waals surface area (Å²) in [5.41, 5.74) is 5.68. The number of rotatable bonds is 11. The third-order valence-corrected chi connectivity index (χ3v) is 14.5. The minimum absolute atomic E-state index is 0.0824. The maximum Gasteiger partial charge on any atom is 0.261 e. The molecule has 5 rings (SSSR count). The molecule has 6 heteroatoms. The van der Waals surface area contributed by atoms with Gasteiger partial charge in [0.2, 0.25) is 0 Å². The van der Waals surface area contributed by atoms with Crippen LogP contribution in [0.5, 0.6) is 0 Å². The molecular formula is C39H47BrN2O2Si. The van der Waals surface area contributed by atoms with Crippen molar-refractivity contribution in [1.82, 2.24) is 9.55 Å². The van der Waals surface area contributed by atoms with Gasteiger partial charge in [-0.05, 0) is 77.0 Å². The number of methoxy groups -OCH3 is 1. The lowest BCUT2D eigenvalue weighted by Crippen LogP contribution is -2.67. The molecule has 3 aromatic carbocycles. The van der Waals surface area contributed by atoms with Crippen LogP contribution >= 0.6 is 15.9 Å². The summed E-state index contributed by atoms with van der Waals surface area (Å²) in [6, 6.07) is 32.7. The van der Waals surface area contributed by atoms with Gasteiger partial charge in [-0.25, -0.2) is 0 Å². The fourth-order valence-electron chi connectivity index (χ4n) is 6.86. The molecule has 236 valence electrons. The number of fused-ring (bicyclic) bond motifs is 1. The number of nitrogens with zero attached hydrogens (tertiary/aromatic N) is 2. The first kappa shape index (κ1) is 33.3. The van der Waals surface area contributed by atoms with Crippen LogP contribution in [0.2, 0.25) is 5.04 Å². The van der Waals surface area contributed by atoms with Crippen molar-refractivity contribution in [2.75, 3.05) is 13.7 Å². The van der Waals surface area contributed by atoms with E-state index in [4.69, 9.17) is 14.1 Å². The average molecular weight is 684 g/mol. The highest BCUT2D eigenvalue weighted by Gasteiger charge is 2.50. The van der Waals surface area contributed by atoms with Crippen LogP contribution in [0.3, 0.4) is 0 Å². The van der Waals surface area contributed by atoms with E-state index >= 15 is 0 Å². The third-order valence-electron chi connectivity index (χ3n) is 9.03. The van der Waals surface area contributed by atoms with Gasteiger partial charge in [0.15, 0.2) is 0 Å². The lowest BCUT2D eigenvalue weighted by molar-refractivity contribution is 0.116. The van der Waals surface area contributed by atoms with Gasteiger partial charge in [0.05, 0.1) is 17.5 Å². The van der Waals surface area contributed by atoms with Gasteiger partial charge in [-0.2, -0.15) is 0 Å². The quantitative estimate of drug-likeness (QED) is 0.130. The molecule has 0 saturated carbocycles. The van der Waals surface area contributed by atoms with Crippen LogP contribution in [0, 0.1) is 5.41 Å². The lowest BCUT2D eigenvalue weighted by atomic mass is 9.84. The van der Waals surface area contributed by atoms with E-state index in [-0.39, 0.29) is 16.6 Å². The van der Waals surface area contributed by atoms with Crippen molar-refractivity contribution in [2.24, 2.45) is 5.41 Å². The Morgan fingerprint density at radius 1 is 0.867 bits per heavy atom. The highest BCUT2D eigenvalue weighted by atomic mass is 79.9. The van der Waals surface area contributed by atoms with Crippen LogP contribution in [-0.4, -0.2) is 31.6 Å². The zero-order chi connectivity index (χ0) is 32.4. The highest BCUT2D eigenvalue weighted by Crippen LogP contribution is 2.43. The van der Waals surface area contributed by atoms with E-state index in [0.29, 0.717) is 6.61 Å². The van der Waals surface area contributed by atoms with Crippen molar-refractivity contribution < 1.29 is 9.16 Å². The van der Waals surface area contributed by atoms with E-state index in [1.54, 1.807) is 7.11 Å². The molecule has 0 unspecified atom stereocenters. The monoisotopic (exact) mass is 682 g/mol. The number of halogens is 1. The van der Waals surface area contributed by atoms with E-state index in [9.17, 15) is 0 Å². The lowest BCUT2D eigenvalue weighted by Gasteiger charge is -2.44. The molecule has 0 saturated heterocycles. The van der Waals surface area contributed by atoms with E-state index in [1.807, 2.05) is 12.3 Å². The molecule has 0 radical (unpaired) electrons. The number of hydrogen-bond acceptors (Lipinski definition) is 3. The number of ether oxygens (including phenoxy) is 1. The number of benzene rings is 3. The van der Waals surface area contributed by atoms with E-state index < -0.39 is 8.32 Å². The molecule has 2 aromatic heterocycles. The summed E-state index contributed by atoms with van der Waals surface area (Å²) in [5.74, 6) is 0. The van der Waals surface area contributed by atoms with Crippen molar-refractivity contribution in [1.29, 1.82) is 0 Å². The topological polar surface area (TPSA) is 36.3 Å². The maximum atomic E-state index is 7.49. The van der Waals surface area contributed by atoms with Gasteiger partial charge in [0.1, 0.15) is 0 Å². The molecule has 0 spiro atoms. The molecule has 0 bridgehead atoms. The minimum atomic E-state index is -2.69. The molecule has 0 aliphatic rings. The molecular weight excluding hydrogens is 636 g/mol. The molecule has 4 nitrogen and oxygen atoms in total. The average Bonchev–Trinajstić information content (AvgIpc) is 3.32. The van der Waals surface area contributed by atoms with Gasteiger partial charge >= 0.3 is 0 Å². The summed E-state index contributed by atoms with van der Waals surface area (Å²) in [6.07, 6.45) is 2.58. The smallest absolute Gasteiger partial charge is 0.261 e. The summed E-state index contributed by atoms with van der Waals surface area (Å²) in [5, 5.41) is 3.79. The largest absolute Gasteiger partial charge is 0.407 e. The second-order valence-corrected chi connectivity index (χ2v) is 19.1. The first-order valence-electron chi connectivity index (χ1n) is 16.0. The minimum Gasteiger partial charge on any atom is -0.407 e. The van der Waals surface area contributed by atoms with Gasteiger partial charge < -0.3 is 13.7 Å². The summed E-state index contributed by atoms with van der Waals surface area (Å²) in [4.78, 5) is 4.82. The molecule has 0 N–H and O–H groups in total. The Morgan fingerprint density at radius 2 is 1.49 bits per heavy atom. The molecule has 0 fully saturated rings. The standard InChI is InChI=1S/C39H47BrN2O2Si/c1-9-42-35-23-22-29(40)25-33(35)34(37(42)32-21-16-24-41-36(32)28(2)43-8)26-39(6,7)27-44-45(38(3,4)5,30-17-12-10-13-18-30)31-19-14-11-15-20-31/h10-25,28H,9,26-27H2,1-8H3/t28-/m0/s1. The van der Waals surface area contributed by atoms with E-state index in [1.165, 1.54) is 32.5 Å². The molecule has 0 aliphatic heterocycles. The summed E-state index contributed by atoms with van der Waals surface area (Å²) in [6.45, 7) is 17.5. The molecule has 1 atom stereocenters. The van der Waals surface area contributed by atoms with Crippen molar-refractivity contribution in [3.8, 4) is 11.3 Å². The Bertz CT molecular complexity index is 1700. The molecule has 5 aromatic rings. The zero-order valence-corrected chi connectivity index (χ0v) is 30.6. The first-order chi connectivity index (χ1) is 21.4. The number of hydrogen-bond donors (Lipinski definition) is 0. The summed E-state index contributed by atoms with van der Waals surface area (Å²) < 4.78 is 16.8. The van der Waals surface area contributed by atoms with Crippen LogP contribution in [0.4, 0.5) is 0 Å². The SMILES string of the molecule is CCn1c(-c2cccnc2[C@H](C)OC)c(CC(C)(C)CO[Si](c2ccccc2)(c2ccccc2)C(C)(C)C)c2cc(Br)ccc21. The Morgan fingerprint density at radius 3 is 2.04 bits per heavy atom. The van der Waals surface area contributed by atoms with Crippen LogP contribution in [-0.2, 0) is 22.1 Å². The molecule has 2 heterocycles. The van der Waals surface area contributed by atoms with Crippen molar-refractivity contribution in [2.45, 2.75) is 72.6 Å². The fraction of sp³-hybridized carbons (Fsp3) is 0.359. The second-order valence-electron chi connectivity index (χ2n) is 13.8. The Labute approximate surface area is 279 Å². The van der Waals surface area contributed by atoms with Gasteiger partial charge in [-0.1, -0.05) is 111 Å². The van der Waals surface area contributed by atoms with E-state index in [2.05, 4.69) is 154 Å². The Kier molecular flexibility index (Phi) is 9.90.